The van der Waals surface area contributed by atoms with Crippen molar-refractivity contribution in [2.75, 3.05) is 16.0 Å². The molecule has 168 valence electrons. The summed E-state index contributed by atoms with van der Waals surface area (Å²) in [7, 11) is 0. The Bertz CT molecular complexity index is 1220. The number of hydrogen-bond donors (Lipinski definition) is 1. The highest BCUT2D eigenvalue weighted by Gasteiger charge is 2.34. The third kappa shape index (κ3) is 4.86. The number of nitro benzene ring substituents is 1. The first-order chi connectivity index (χ1) is 15.9. The van der Waals surface area contributed by atoms with Gasteiger partial charge in [-0.05, 0) is 53.9 Å². The Morgan fingerprint density at radius 2 is 1.85 bits per heavy atom. The molecular formula is C24H20ClN3O4S. The van der Waals surface area contributed by atoms with E-state index in [0.29, 0.717) is 11.4 Å². The minimum Gasteiger partial charge on any atom is -0.322 e. The first-order valence-corrected chi connectivity index (χ1v) is 11.7. The van der Waals surface area contributed by atoms with E-state index >= 15 is 0 Å². The average Bonchev–Trinajstić information content (AvgIpc) is 3.21. The number of benzene rings is 3. The number of nitrogens with one attached hydrogen (secondary N) is 1. The maximum Gasteiger partial charge on any atom is 0.288 e. The largest absolute Gasteiger partial charge is 0.322 e. The van der Waals surface area contributed by atoms with Crippen molar-refractivity contribution in [3.05, 3.63) is 98.6 Å². The fourth-order valence-electron chi connectivity index (χ4n) is 3.57. The first kappa shape index (κ1) is 22.8. The van der Waals surface area contributed by atoms with Crippen LogP contribution in [-0.2, 0) is 11.2 Å². The summed E-state index contributed by atoms with van der Waals surface area (Å²) in [6.45, 7) is 2.09. The van der Waals surface area contributed by atoms with Crippen LogP contribution in [0, 0.1) is 10.1 Å². The molecule has 0 bridgehead atoms. The lowest BCUT2D eigenvalue weighted by Crippen LogP contribution is -2.27. The van der Waals surface area contributed by atoms with Gasteiger partial charge in [-0.15, -0.1) is 11.8 Å². The molecule has 0 saturated carbocycles. The number of carbonyl (C=O) groups is 2. The number of anilines is 2. The number of hydrogen-bond acceptors (Lipinski definition) is 5. The van der Waals surface area contributed by atoms with E-state index in [9.17, 15) is 19.7 Å². The van der Waals surface area contributed by atoms with Crippen LogP contribution in [0.5, 0.6) is 0 Å². The second-order valence-electron chi connectivity index (χ2n) is 7.45. The molecule has 1 unspecified atom stereocenters. The number of rotatable bonds is 6. The Kier molecular flexibility index (Phi) is 6.67. The molecule has 33 heavy (non-hydrogen) atoms. The quantitative estimate of drug-likeness (QED) is 0.352. The van der Waals surface area contributed by atoms with Gasteiger partial charge < -0.3 is 5.32 Å². The van der Waals surface area contributed by atoms with E-state index in [1.165, 1.54) is 17.7 Å². The summed E-state index contributed by atoms with van der Waals surface area (Å²) in [5, 5.41) is 13.6. The molecule has 0 spiro atoms. The molecule has 1 heterocycles. The molecule has 0 aromatic heterocycles. The van der Waals surface area contributed by atoms with Gasteiger partial charge in [-0.2, -0.15) is 0 Å². The van der Waals surface area contributed by atoms with Gasteiger partial charge >= 0.3 is 0 Å². The van der Waals surface area contributed by atoms with E-state index in [4.69, 9.17) is 11.6 Å². The zero-order valence-electron chi connectivity index (χ0n) is 17.7. The van der Waals surface area contributed by atoms with Gasteiger partial charge in [-0.1, -0.05) is 42.8 Å². The molecule has 3 aromatic rings. The number of aryl methyl sites for hydroxylation is 1. The van der Waals surface area contributed by atoms with Crippen LogP contribution in [0.1, 0.15) is 33.8 Å². The highest BCUT2D eigenvalue weighted by Crippen LogP contribution is 2.42. The molecule has 0 radical (unpaired) electrons. The number of nitro groups is 1. The molecule has 1 atom stereocenters. The summed E-state index contributed by atoms with van der Waals surface area (Å²) in [6.07, 6.45) is 0.933. The molecule has 1 aliphatic rings. The van der Waals surface area contributed by atoms with Crippen LogP contribution >= 0.6 is 23.4 Å². The third-order valence-electron chi connectivity index (χ3n) is 5.35. The summed E-state index contributed by atoms with van der Waals surface area (Å²) >= 11 is 7.37. The van der Waals surface area contributed by atoms with E-state index in [0.717, 1.165) is 23.7 Å². The Balaban J connectivity index is 1.50. The first-order valence-electron chi connectivity index (χ1n) is 10.2. The van der Waals surface area contributed by atoms with Gasteiger partial charge in [-0.25, -0.2) is 0 Å². The summed E-state index contributed by atoms with van der Waals surface area (Å²) < 4.78 is 0. The van der Waals surface area contributed by atoms with Crippen molar-refractivity contribution >= 4 is 52.2 Å². The molecule has 0 aliphatic carbocycles. The number of thioether (sulfide) groups is 1. The van der Waals surface area contributed by atoms with Crippen LogP contribution in [0.4, 0.5) is 17.1 Å². The number of amides is 2. The minimum atomic E-state index is -0.629. The molecule has 1 saturated heterocycles. The minimum absolute atomic E-state index is 0.0293. The maximum absolute atomic E-state index is 12.6. The predicted molar refractivity (Wildman–Crippen MR) is 131 cm³/mol. The second-order valence-corrected chi connectivity index (χ2v) is 8.92. The van der Waals surface area contributed by atoms with Crippen LogP contribution in [0.2, 0.25) is 5.02 Å². The predicted octanol–water partition coefficient (Wildman–Crippen LogP) is 5.84. The fraction of sp³-hybridized carbons (Fsp3) is 0.167. The Hall–Kier alpha value is -3.36. The standard InChI is InChI=1S/C24H20ClN3O4S/c1-2-15-3-10-19(11-4-15)27-22(29)14-33-24(27)16-5-8-18(9-6-16)26-23(30)17-7-12-20(25)21(13-17)28(31)32/h3-13,24H,2,14H2,1H3,(H,26,30). The van der Waals surface area contributed by atoms with Crippen LogP contribution in [0.25, 0.3) is 0 Å². The van der Waals surface area contributed by atoms with Crippen LogP contribution in [-0.4, -0.2) is 22.5 Å². The van der Waals surface area contributed by atoms with Gasteiger partial charge in [0.05, 0.1) is 10.7 Å². The molecule has 2 amide bonds. The van der Waals surface area contributed by atoms with Crippen molar-refractivity contribution in [1.29, 1.82) is 0 Å². The molecule has 3 aromatic carbocycles. The topological polar surface area (TPSA) is 92.6 Å². The van der Waals surface area contributed by atoms with Crippen LogP contribution in [0.3, 0.4) is 0 Å². The zero-order valence-corrected chi connectivity index (χ0v) is 19.2. The van der Waals surface area contributed by atoms with Crippen LogP contribution < -0.4 is 10.2 Å². The van der Waals surface area contributed by atoms with Crippen molar-refractivity contribution in [2.24, 2.45) is 0 Å². The van der Waals surface area contributed by atoms with Gasteiger partial charge in [0.25, 0.3) is 11.6 Å². The van der Waals surface area contributed by atoms with E-state index in [1.54, 1.807) is 28.8 Å². The van der Waals surface area contributed by atoms with Gasteiger partial charge in [0, 0.05) is 23.0 Å². The highest BCUT2D eigenvalue weighted by molar-refractivity contribution is 8.00. The Labute approximate surface area is 199 Å². The van der Waals surface area contributed by atoms with Crippen molar-refractivity contribution < 1.29 is 14.5 Å². The smallest absolute Gasteiger partial charge is 0.288 e. The van der Waals surface area contributed by atoms with E-state index < -0.39 is 10.8 Å². The lowest BCUT2D eigenvalue weighted by atomic mass is 10.1. The normalized spacial score (nSPS) is 15.5. The second kappa shape index (κ2) is 9.64. The van der Waals surface area contributed by atoms with Crippen molar-refractivity contribution in [3.63, 3.8) is 0 Å². The van der Waals surface area contributed by atoms with Crippen molar-refractivity contribution in [1.82, 2.24) is 0 Å². The summed E-state index contributed by atoms with van der Waals surface area (Å²) in [5.41, 5.74) is 3.35. The monoisotopic (exact) mass is 481 g/mol. The molecule has 4 rings (SSSR count). The summed E-state index contributed by atoms with van der Waals surface area (Å²) in [5.74, 6) is -0.0323. The SMILES string of the molecule is CCc1ccc(N2C(=O)CSC2c2ccc(NC(=O)c3ccc(Cl)c([N+](=O)[O-])c3)cc2)cc1. The summed E-state index contributed by atoms with van der Waals surface area (Å²) in [6, 6.07) is 19.1. The van der Waals surface area contributed by atoms with Crippen molar-refractivity contribution in [2.45, 2.75) is 18.7 Å². The number of halogens is 1. The summed E-state index contributed by atoms with van der Waals surface area (Å²) in [4.78, 5) is 37.3. The van der Waals surface area contributed by atoms with Gasteiger partial charge in [0.15, 0.2) is 0 Å². The van der Waals surface area contributed by atoms with Gasteiger partial charge in [-0.3, -0.25) is 24.6 Å². The molecule has 1 fully saturated rings. The maximum atomic E-state index is 12.6. The lowest BCUT2D eigenvalue weighted by Gasteiger charge is -2.24. The molecule has 1 aliphatic heterocycles. The average molecular weight is 482 g/mol. The zero-order chi connectivity index (χ0) is 23.5. The Morgan fingerprint density at radius 3 is 2.48 bits per heavy atom. The van der Waals surface area contributed by atoms with E-state index in [-0.39, 0.29) is 27.6 Å². The molecule has 9 heteroatoms. The fourth-order valence-corrected chi connectivity index (χ4v) is 4.93. The van der Waals surface area contributed by atoms with Gasteiger partial charge in [0.1, 0.15) is 10.4 Å². The van der Waals surface area contributed by atoms with Gasteiger partial charge in [0.2, 0.25) is 5.91 Å². The molecule has 1 N–H and O–H groups in total. The Morgan fingerprint density at radius 1 is 1.15 bits per heavy atom. The third-order valence-corrected chi connectivity index (χ3v) is 6.88. The molecular weight excluding hydrogens is 462 g/mol. The molecule has 7 nitrogen and oxygen atoms in total. The number of carbonyl (C=O) groups excluding carboxylic acids is 2. The van der Waals surface area contributed by atoms with Crippen molar-refractivity contribution in [3.8, 4) is 0 Å². The van der Waals surface area contributed by atoms with E-state index in [2.05, 4.69) is 12.2 Å². The van der Waals surface area contributed by atoms with E-state index in [1.807, 2.05) is 36.4 Å². The number of nitrogens with zero attached hydrogens (tertiary/aromatic N) is 2. The highest BCUT2D eigenvalue weighted by atomic mass is 35.5. The lowest BCUT2D eigenvalue weighted by molar-refractivity contribution is -0.384. The van der Waals surface area contributed by atoms with Crippen LogP contribution in [0.15, 0.2) is 66.7 Å².